The summed E-state index contributed by atoms with van der Waals surface area (Å²) in [6, 6.07) is 22.8. The van der Waals surface area contributed by atoms with Crippen molar-refractivity contribution in [3.05, 3.63) is 94.5 Å². The minimum absolute atomic E-state index is 0.00109. The number of aryl methyl sites for hydroxylation is 1. The van der Waals surface area contributed by atoms with Crippen LogP contribution in [0.4, 0.5) is 5.69 Å². The molecule has 0 aromatic heterocycles. The van der Waals surface area contributed by atoms with Gasteiger partial charge in [0.05, 0.1) is 18.9 Å². The third-order valence-corrected chi connectivity index (χ3v) is 7.58. The number of thioether (sulfide) groups is 1. The van der Waals surface area contributed by atoms with Gasteiger partial charge in [-0.2, -0.15) is 10.1 Å². The standard InChI is InChI=1S/C28H25ClN4O3S/c1-17-6-8-19(9-7-17)24-15-23(18-10-12-22(36-2)13-11-18)32-33(24)28-31-27(35)25(37-28)16-26(34)30-21-5-3-4-20(29)14-21/h3-14,24-25H,15-16H2,1-2H3,(H,30,34). The number of anilines is 1. The second kappa shape index (κ2) is 10.8. The molecular formula is C28H25ClN4O3S. The Morgan fingerprint density at radius 3 is 2.59 bits per heavy atom. The Bertz CT molecular complexity index is 1390. The number of carbonyl (C=O) groups excluding carboxylic acids is 2. The van der Waals surface area contributed by atoms with Crippen LogP contribution >= 0.6 is 23.4 Å². The number of halogens is 1. The third-order valence-electron chi connectivity index (χ3n) is 6.20. The minimum atomic E-state index is -0.618. The van der Waals surface area contributed by atoms with E-state index in [1.165, 1.54) is 11.8 Å². The van der Waals surface area contributed by atoms with Gasteiger partial charge in [0.1, 0.15) is 11.0 Å². The quantitative estimate of drug-likeness (QED) is 0.431. The van der Waals surface area contributed by atoms with E-state index in [2.05, 4.69) is 34.6 Å². The Morgan fingerprint density at radius 2 is 1.89 bits per heavy atom. The first-order valence-electron chi connectivity index (χ1n) is 11.8. The maximum atomic E-state index is 12.8. The second-order valence-corrected chi connectivity index (χ2v) is 10.5. The van der Waals surface area contributed by atoms with E-state index in [0.29, 0.717) is 22.3 Å². The third kappa shape index (κ3) is 5.70. The van der Waals surface area contributed by atoms with Crippen molar-refractivity contribution in [1.82, 2.24) is 5.01 Å². The molecule has 37 heavy (non-hydrogen) atoms. The van der Waals surface area contributed by atoms with Gasteiger partial charge in [-0.25, -0.2) is 5.01 Å². The van der Waals surface area contributed by atoms with Crippen molar-refractivity contribution >= 4 is 51.7 Å². The smallest absolute Gasteiger partial charge is 0.262 e. The van der Waals surface area contributed by atoms with Crippen LogP contribution in [0.2, 0.25) is 5.02 Å². The summed E-state index contributed by atoms with van der Waals surface area (Å²) in [5.74, 6) is 0.162. The molecule has 7 nitrogen and oxygen atoms in total. The lowest BCUT2D eigenvalue weighted by Crippen LogP contribution is -2.25. The molecule has 9 heteroatoms. The van der Waals surface area contributed by atoms with Gasteiger partial charge in [-0.1, -0.05) is 59.3 Å². The maximum absolute atomic E-state index is 12.8. The van der Waals surface area contributed by atoms with Crippen LogP contribution in [0.15, 0.2) is 82.9 Å². The summed E-state index contributed by atoms with van der Waals surface area (Å²) in [6.07, 6.45) is 0.657. The van der Waals surface area contributed by atoms with Crippen LogP contribution in [0.5, 0.6) is 5.75 Å². The van der Waals surface area contributed by atoms with Crippen molar-refractivity contribution in [2.45, 2.75) is 31.1 Å². The molecule has 2 atom stereocenters. The van der Waals surface area contributed by atoms with Gasteiger partial charge in [-0.3, -0.25) is 9.59 Å². The predicted molar refractivity (Wildman–Crippen MR) is 148 cm³/mol. The normalized spacial score (nSPS) is 19.0. The molecule has 0 aliphatic carbocycles. The highest BCUT2D eigenvalue weighted by molar-refractivity contribution is 8.15. The van der Waals surface area contributed by atoms with Gasteiger partial charge in [0.25, 0.3) is 5.91 Å². The van der Waals surface area contributed by atoms with Gasteiger partial charge in [0.2, 0.25) is 5.91 Å². The molecule has 0 bridgehead atoms. The van der Waals surface area contributed by atoms with Crippen LogP contribution in [0, 0.1) is 6.92 Å². The zero-order valence-corrected chi connectivity index (χ0v) is 21.9. The van der Waals surface area contributed by atoms with Crippen molar-refractivity contribution in [1.29, 1.82) is 0 Å². The van der Waals surface area contributed by atoms with Crippen molar-refractivity contribution < 1.29 is 14.3 Å². The molecule has 0 fully saturated rings. The van der Waals surface area contributed by atoms with Crippen molar-refractivity contribution in [3.63, 3.8) is 0 Å². The molecule has 3 aromatic rings. The fourth-order valence-electron chi connectivity index (χ4n) is 4.24. The minimum Gasteiger partial charge on any atom is -0.497 e. The predicted octanol–water partition coefficient (Wildman–Crippen LogP) is 5.83. The van der Waals surface area contributed by atoms with Crippen molar-refractivity contribution in [3.8, 4) is 5.75 Å². The lowest BCUT2D eigenvalue weighted by molar-refractivity contribution is -0.121. The first kappa shape index (κ1) is 25.0. The summed E-state index contributed by atoms with van der Waals surface area (Å²) in [7, 11) is 1.63. The molecule has 0 spiro atoms. The van der Waals surface area contributed by atoms with Gasteiger partial charge < -0.3 is 10.1 Å². The number of hydrogen-bond acceptors (Lipinski definition) is 6. The van der Waals surface area contributed by atoms with Crippen LogP contribution in [-0.2, 0) is 9.59 Å². The second-order valence-electron chi connectivity index (χ2n) is 8.85. The maximum Gasteiger partial charge on any atom is 0.262 e. The van der Waals surface area contributed by atoms with E-state index in [-0.39, 0.29) is 24.3 Å². The van der Waals surface area contributed by atoms with Crippen molar-refractivity contribution in [2.75, 3.05) is 12.4 Å². The number of amidine groups is 1. The fraction of sp³-hybridized carbons (Fsp3) is 0.214. The number of rotatable bonds is 6. The van der Waals surface area contributed by atoms with E-state index in [0.717, 1.165) is 28.2 Å². The number of carbonyl (C=O) groups is 2. The molecule has 2 heterocycles. The molecule has 2 aliphatic rings. The molecule has 1 N–H and O–H groups in total. The molecule has 188 valence electrons. The van der Waals surface area contributed by atoms with Crippen LogP contribution in [0.3, 0.4) is 0 Å². The van der Waals surface area contributed by atoms with E-state index in [1.54, 1.807) is 31.4 Å². The van der Waals surface area contributed by atoms with Crippen molar-refractivity contribution in [2.24, 2.45) is 10.1 Å². The van der Waals surface area contributed by atoms with Gasteiger partial charge in [0, 0.05) is 23.6 Å². The fourth-order valence-corrected chi connectivity index (χ4v) is 5.50. The number of methoxy groups -OCH3 is 1. The molecule has 2 aliphatic heterocycles. The summed E-state index contributed by atoms with van der Waals surface area (Å²) in [6.45, 7) is 2.05. The number of amides is 2. The molecule has 5 rings (SSSR count). The molecule has 2 amide bonds. The SMILES string of the molecule is COc1ccc(C2=NN(C3=NC(=O)C(CC(=O)Nc4cccc(Cl)c4)S3)C(c3ccc(C)cc3)C2)cc1. The first-order valence-corrected chi connectivity index (χ1v) is 13.1. The van der Waals surface area contributed by atoms with Gasteiger partial charge in [0.15, 0.2) is 5.17 Å². The lowest BCUT2D eigenvalue weighted by Gasteiger charge is -2.23. The number of hydrogen-bond donors (Lipinski definition) is 1. The number of nitrogens with one attached hydrogen (secondary N) is 1. The number of aliphatic imine (C=N–C) groups is 1. The Morgan fingerprint density at radius 1 is 1.14 bits per heavy atom. The van der Waals surface area contributed by atoms with E-state index in [1.807, 2.05) is 36.2 Å². The lowest BCUT2D eigenvalue weighted by atomic mass is 9.98. The van der Waals surface area contributed by atoms with E-state index < -0.39 is 5.25 Å². The monoisotopic (exact) mass is 532 g/mol. The molecule has 3 aromatic carbocycles. The summed E-state index contributed by atoms with van der Waals surface area (Å²) >= 11 is 7.28. The summed E-state index contributed by atoms with van der Waals surface area (Å²) in [5.41, 5.74) is 4.70. The highest BCUT2D eigenvalue weighted by Gasteiger charge is 2.39. The number of hydrazone groups is 1. The van der Waals surface area contributed by atoms with Crippen LogP contribution in [-0.4, -0.2) is 40.1 Å². The highest BCUT2D eigenvalue weighted by atomic mass is 35.5. The van der Waals surface area contributed by atoms with Gasteiger partial charge in [-0.15, -0.1) is 0 Å². The highest BCUT2D eigenvalue weighted by Crippen LogP contribution is 2.39. The average Bonchev–Trinajstić information content (AvgIpc) is 3.48. The summed E-state index contributed by atoms with van der Waals surface area (Å²) < 4.78 is 5.28. The molecule has 0 radical (unpaired) electrons. The molecule has 0 saturated heterocycles. The number of benzene rings is 3. The Labute approximate surface area is 224 Å². The Balaban J connectivity index is 1.35. The Kier molecular flexibility index (Phi) is 7.30. The zero-order valence-electron chi connectivity index (χ0n) is 20.3. The summed E-state index contributed by atoms with van der Waals surface area (Å²) in [4.78, 5) is 29.7. The van der Waals surface area contributed by atoms with Crippen LogP contribution < -0.4 is 10.1 Å². The van der Waals surface area contributed by atoms with Crippen LogP contribution in [0.1, 0.15) is 35.6 Å². The van der Waals surface area contributed by atoms with E-state index >= 15 is 0 Å². The zero-order chi connectivity index (χ0) is 25.9. The van der Waals surface area contributed by atoms with Gasteiger partial charge >= 0.3 is 0 Å². The van der Waals surface area contributed by atoms with Crippen LogP contribution in [0.25, 0.3) is 0 Å². The average molecular weight is 533 g/mol. The number of ether oxygens (including phenoxy) is 1. The number of nitrogens with zero attached hydrogens (tertiary/aromatic N) is 3. The topological polar surface area (TPSA) is 83.4 Å². The molecule has 2 unspecified atom stereocenters. The molecular weight excluding hydrogens is 508 g/mol. The first-order chi connectivity index (χ1) is 17.9. The largest absolute Gasteiger partial charge is 0.497 e. The summed E-state index contributed by atoms with van der Waals surface area (Å²) in [5, 5.41) is 9.92. The van der Waals surface area contributed by atoms with E-state index in [9.17, 15) is 9.59 Å². The Hall–Kier alpha value is -3.62. The van der Waals surface area contributed by atoms with Gasteiger partial charge in [-0.05, 0) is 60.5 Å². The molecule has 0 saturated carbocycles. The van der Waals surface area contributed by atoms with E-state index in [4.69, 9.17) is 21.4 Å².